The van der Waals surface area contributed by atoms with Crippen LogP contribution in [-0.4, -0.2) is 54.0 Å². The summed E-state index contributed by atoms with van der Waals surface area (Å²) in [4.78, 5) is 7.34. The first kappa shape index (κ1) is 14.0. The predicted molar refractivity (Wildman–Crippen MR) is 85.5 cm³/mol. The van der Waals surface area contributed by atoms with E-state index in [-0.39, 0.29) is 0 Å². The van der Waals surface area contributed by atoms with Crippen LogP contribution in [0.15, 0.2) is 12.3 Å². The maximum Gasteiger partial charge on any atom is 0.157 e. The molecule has 0 saturated carbocycles. The van der Waals surface area contributed by atoms with E-state index in [0.717, 1.165) is 44.7 Å². The van der Waals surface area contributed by atoms with Gasteiger partial charge in [-0.2, -0.15) is 9.61 Å². The summed E-state index contributed by atoms with van der Waals surface area (Å²) < 4.78 is 7.47. The normalized spacial score (nSPS) is 22.0. The zero-order valence-electron chi connectivity index (χ0n) is 13.1. The van der Waals surface area contributed by atoms with Crippen molar-refractivity contribution in [3.8, 4) is 0 Å². The molecule has 2 aromatic rings. The van der Waals surface area contributed by atoms with Crippen LogP contribution >= 0.6 is 0 Å². The summed E-state index contributed by atoms with van der Waals surface area (Å²) in [7, 11) is 1.79. The van der Waals surface area contributed by atoms with Gasteiger partial charge in [-0.05, 0) is 25.8 Å². The quantitative estimate of drug-likeness (QED) is 0.918. The predicted octanol–water partition coefficient (Wildman–Crippen LogP) is 1.03. The van der Waals surface area contributed by atoms with Gasteiger partial charge in [0.05, 0.1) is 24.5 Å². The Morgan fingerprint density at radius 1 is 1.36 bits per heavy atom. The van der Waals surface area contributed by atoms with Crippen LogP contribution in [0.4, 0.5) is 5.82 Å². The average Bonchev–Trinajstić information content (AvgIpc) is 3.10. The van der Waals surface area contributed by atoms with E-state index in [0.29, 0.717) is 6.04 Å². The fourth-order valence-electron chi connectivity index (χ4n) is 3.79. The Morgan fingerprint density at radius 2 is 2.27 bits per heavy atom. The molecule has 0 aliphatic carbocycles. The van der Waals surface area contributed by atoms with Gasteiger partial charge in [-0.25, -0.2) is 4.98 Å². The van der Waals surface area contributed by atoms with E-state index in [9.17, 15) is 0 Å². The third-order valence-corrected chi connectivity index (χ3v) is 4.79. The molecule has 2 aliphatic rings. The molecule has 0 spiro atoms. The summed E-state index contributed by atoms with van der Waals surface area (Å²) in [5.74, 6) is 1.24. The van der Waals surface area contributed by atoms with Gasteiger partial charge in [0.2, 0.25) is 0 Å². The van der Waals surface area contributed by atoms with E-state index < -0.39 is 0 Å². The molecule has 22 heavy (non-hydrogen) atoms. The maximum absolute atomic E-state index is 5.44. The first-order chi connectivity index (χ1) is 10.9. The number of hydrogen-bond donors (Lipinski definition) is 1. The fraction of sp³-hybridized carbons (Fsp3) is 0.625. The Bertz CT molecular complexity index is 668. The number of hydrogen-bond acceptors (Lipinski definition) is 5. The van der Waals surface area contributed by atoms with Crippen molar-refractivity contribution in [2.45, 2.75) is 31.7 Å². The summed E-state index contributed by atoms with van der Waals surface area (Å²) in [5.41, 5.74) is 3.55. The highest BCUT2D eigenvalue weighted by Gasteiger charge is 2.30. The molecule has 1 N–H and O–H groups in total. The Balaban J connectivity index is 1.87. The minimum atomic E-state index is 0.445. The molecule has 6 nitrogen and oxygen atoms in total. The van der Waals surface area contributed by atoms with Gasteiger partial charge in [-0.1, -0.05) is 0 Å². The molecule has 0 bridgehead atoms. The molecule has 1 fully saturated rings. The number of anilines is 1. The summed E-state index contributed by atoms with van der Waals surface area (Å²) in [6.07, 6.45) is 6.26. The third kappa shape index (κ3) is 2.27. The first-order valence-corrected chi connectivity index (χ1v) is 8.20. The minimum Gasteiger partial charge on any atom is -0.383 e. The zero-order chi connectivity index (χ0) is 14.9. The lowest BCUT2D eigenvalue weighted by Crippen LogP contribution is -2.35. The van der Waals surface area contributed by atoms with Crippen LogP contribution in [-0.2, 0) is 17.6 Å². The molecule has 0 radical (unpaired) electrons. The molecule has 6 heteroatoms. The Hall–Kier alpha value is -1.66. The van der Waals surface area contributed by atoms with E-state index in [1.165, 1.54) is 29.9 Å². The van der Waals surface area contributed by atoms with E-state index in [1.54, 1.807) is 7.11 Å². The monoisotopic (exact) mass is 301 g/mol. The van der Waals surface area contributed by atoms with Gasteiger partial charge in [0.25, 0.3) is 0 Å². The lowest BCUT2D eigenvalue weighted by atomic mass is 10.1. The zero-order valence-corrected chi connectivity index (χ0v) is 13.1. The smallest absolute Gasteiger partial charge is 0.157 e. The van der Waals surface area contributed by atoms with Crippen molar-refractivity contribution in [2.24, 2.45) is 0 Å². The van der Waals surface area contributed by atoms with Crippen LogP contribution in [0.1, 0.15) is 24.1 Å². The lowest BCUT2D eigenvalue weighted by Gasteiger charge is -2.29. The maximum atomic E-state index is 5.44. The molecule has 1 saturated heterocycles. The number of nitrogens with one attached hydrogen (secondary N) is 1. The van der Waals surface area contributed by atoms with Crippen LogP contribution in [0, 0.1) is 0 Å². The van der Waals surface area contributed by atoms with Crippen molar-refractivity contribution in [1.82, 2.24) is 19.9 Å². The first-order valence-electron chi connectivity index (χ1n) is 8.20. The fourth-order valence-corrected chi connectivity index (χ4v) is 3.79. The number of nitrogens with zero attached hydrogens (tertiary/aromatic N) is 4. The van der Waals surface area contributed by atoms with Gasteiger partial charge in [0.15, 0.2) is 5.65 Å². The van der Waals surface area contributed by atoms with Crippen LogP contribution < -0.4 is 10.2 Å². The van der Waals surface area contributed by atoms with Gasteiger partial charge in [0.1, 0.15) is 5.82 Å². The lowest BCUT2D eigenvalue weighted by molar-refractivity contribution is 0.180. The second kappa shape index (κ2) is 5.85. The average molecular weight is 301 g/mol. The molecule has 1 atom stereocenters. The molecule has 0 aromatic carbocycles. The van der Waals surface area contributed by atoms with Crippen LogP contribution in [0.2, 0.25) is 0 Å². The second-order valence-electron chi connectivity index (χ2n) is 6.16. The van der Waals surface area contributed by atoms with Gasteiger partial charge < -0.3 is 15.0 Å². The number of rotatable bonds is 3. The number of fused-ring (bicyclic) bond motifs is 2. The van der Waals surface area contributed by atoms with E-state index >= 15 is 0 Å². The number of aromatic nitrogens is 3. The molecular weight excluding hydrogens is 278 g/mol. The van der Waals surface area contributed by atoms with Crippen LogP contribution in [0.25, 0.3) is 5.65 Å². The van der Waals surface area contributed by atoms with Crippen molar-refractivity contribution in [2.75, 3.05) is 38.3 Å². The summed E-state index contributed by atoms with van der Waals surface area (Å²) in [6, 6.07) is 2.45. The molecule has 1 unspecified atom stereocenters. The second-order valence-corrected chi connectivity index (χ2v) is 6.16. The van der Waals surface area contributed by atoms with Crippen molar-refractivity contribution in [3.05, 3.63) is 23.5 Å². The van der Waals surface area contributed by atoms with Crippen LogP contribution in [0.3, 0.4) is 0 Å². The number of methoxy groups -OCH3 is 1. The van der Waals surface area contributed by atoms with E-state index in [4.69, 9.17) is 9.72 Å². The Kier molecular flexibility index (Phi) is 3.72. The van der Waals surface area contributed by atoms with Gasteiger partial charge in [-0.3, -0.25) is 0 Å². The molecule has 0 amide bonds. The van der Waals surface area contributed by atoms with Crippen LogP contribution in [0.5, 0.6) is 0 Å². The molecular formula is C16H23N5O. The standard InChI is InChI=1S/C16H23N5O/c1-22-11-12-3-2-10-20(12)16-13-4-7-17-8-5-14(13)19-15-6-9-18-21(15)16/h6,9,12,17H,2-5,7-8,10-11H2,1H3. The van der Waals surface area contributed by atoms with Crippen molar-refractivity contribution < 1.29 is 4.74 Å². The van der Waals surface area contributed by atoms with Gasteiger partial charge in [0, 0.05) is 38.2 Å². The molecule has 4 heterocycles. The molecule has 118 valence electrons. The Labute approximate surface area is 130 Å². The largest absolute Gasteiger partial charge is 0.383 e. The van der Waals surface area contributed by atoms with Crippen molar-refractivity contribution in [3.63, 3.8) is 0 Å². The van der Waals surface area contributed by atoms with Crippen molar-refractivity contribution in [1.29, 1.82) is 0 Å². The minimum absolute atomic E-state index is 0.445. The third-order valence-electron chi connectivity index (χ3n) is 4.79. The topological polar surface area (TPSA) is 54.7 Å². The Morgan fingerprint density at radius 3 is 3.18 bits per heavy atom. The highest BCUT2D eigenvalue weighted by molar-refractivity contribution is 5.58. The molecule has 2 aliphatic heterocycles. The molecule has 4 rings (SSSR count). The SMILES string of the molecule is COCC1CCCN1c1c2c(nc3ccnn13)CCNCC2. The summed E-state index contributed by atoms with van der Waals surface area (Å²) in [5, 5.41) is 8.03. The summed E-state index contributed by atoms with van der Waals surface area (Å²) >= 11 is 0. The van der Waals surface area contributed by atoms with E-state index in [1.807, 2.05) is 16.8 Å². The molecule has 2 aromatic heterocycles. The van der Waals surface area contributed by atoms with Gasteiger partial charge >= 0.3 is 0 Å². The number of ether oxygens (including phenoxy) is 1. The van der Waals surface area contributed by atoms with Gasteiger partial charge in [-0.15, -0.1) is 0 Å². The highest BCUT2D eigenvalue weighted by Crippen LogP contribution is 2.31. The van der Waals surface area contributed by atoms with E-state index in [2.05, 4.69) is 15.3 Å². The van der Waals surface area contributed by atoms with Crippen molar-refractivity contribution >= 4 is 11.5 Å². The summed E-state index contributed by atoms with van der Waals surface area (Å²) in [6.45, 7) is 3.87. The highest BCUT2D eigenvalue weighted by atomic mass is 16.5.